The van der Waals surface area contributed by atoms with E-state index in [1.165, 1.54) is 0 Å². The summed E-state index contributed by atoms with van der Waals surface area (Å²) in [5.41, 5.74) is 2.66. The summed E-state index contributed by atoms with van der Waals surface area (Å²) in [6, 6.07) is 17.2. The van der Waals surface area contributed by atoms with Gasteiger partial charge in [-0.1, -0.05) is 12.1 Å². The van der Waals surface area contributed by atoms with Crippen molar-refractivity contribution in [3.05, 3.63) is 78.1 Å². The summed E-state index contributed by atoms with van der Waals surface area (Å²) < 4.78 is 6.97. The highest BCUT2D eigenvalue weighted by Gasteiger charge is 2.16. The molecule has 3 rings (SSSR count). The van der Waals surface area contributed by atoms with Crippen LogP contribution in [0, 0.1) is 0 Å². The molecular weight excluding hydrogens is 340 g/mol. The van der Waals surface area contributed by atoms with Crippen molar-refractivity contribution in [2.75, 3.05) is 27.7 Å². The van der Waals surface area contributed by atoms with E-state index in [9.17, 15) is 4.79 Å². The summed E-state index contributed by atoms with van der Waals surface area (Å²) >= 11 is 0. The molecule has 3 aromatic rings. The predicted molar refractivity (Wildman–Crippen MR) is 105 cm³/mol. The van der Waals surface area contributed by atoms with Crippen molar-refractivity contribution in [2.24, 2.45) is 0 Å². The molecule has 0 aliphatic rings. The third-order valence-electron chi connectivity index (χ3n) is 4.48. The van der Waals surface area contributed by atoms with Crippen LogP contribution in [0.3, 0.4) is 0 Å². The van der Waals surface area contributed by atoms with Crippen molar-refractivity contribution >= 4 is 5.91 Å². The third-order valence-corrected chi connectivity index (χ3v) is 4.48. The van der Waals surface area contributed by atoms with Gasteiger partial charge in [-0.2, -0.15) is 5.10 Å². The number of hydrogen-bond acceptors (Lipinski definition) is 4. The molecule has 2 aromatic carbocycles. The number of aromatic nitrogens is 2. The molecule has 140 valence electrons. The number of ether oxygens (including phenoxy) is 1. The predicted octanol–water partition coefficient (Wildman–Crippen LogP) is 2.91. The SMILES string of the molecule is COc1ccc([C@H](CNC(=O)c2ccc(-n3cccn3)cc2)N(C)C)cc1. The lowest BCUT2D eigenvalue weighted by Gasteiger charge is -2.25. The van der Waals surface area contributed by atoms with E-state index >= 15 is 0 Å². The minimum absolute atomic E-state index is 0.0724. The van der Waals surface area contributed by atoms with Crippen LogP contribution >= 0.6 is 0 Å². The second-order valence-electron chi connectivity index (χ2n) is 6.46. The number of amides is 1. The lowest BCUT2D eigenvalue weighted by Crippen LogP contribution is -2.34. The Morgan fingerprint density at radius 2 is 1.85 bits per heavy atom. The largest absolute Gasteiger partial charge is 0.497 e. The summed E-state index contributed by atoms with van der Waals surface area (Å²) in [7, 11) is 5.65. The van der Waals surface area contributed by atoms with Crippen LogP contribution in [0.1, 0.15) is 22.0 Å². The second kappa shape index (κ2) is 8.51. The highest BCUT2D eigenvalue weighted by molar-refractivity contribution is 5.94. The van der Waals surface area contributed by atoms with E-state index < -0.39 is 0 Å². The van der Waals surface area contributed by atoms with E-state index in [4.69, 9.17) is 4.74 Å². The summed E-state index contributed by atoms with van der Waals surface area (Å²) in [6.07, 6.45) is 3.59. The van der Waals surface area contributed by atoms with Gasteiger partial charge in [0.1, 0.15) is 5.75 Å². The first-order chi connectivity index (χ1) is 13.1. The minimum Gasteiger partial charge on any atom is -0.497 e. The Morgan fingerprint density at radius 3 is 2.41 bits per heavy atom. The Kier molecular flexibility index (Phi) is 5.88. The van der Waals surface area contributed by atoms with Crippen molar-refractivity contribution in [1.29, 1.82) is 0 Å². The van der Waals surface area contributed by atoms with Crippen LogP contribution < -0.4 is 10.1 Å². The Balaban J connectivity index is 1.65. The average Bonchev–Trinajstić information content (AvgIpc) is 3.23. The van der Waals surface area contributed by atoms with Crippen molar-refractivity contribution in [1.82, 2.24) is 20.0 Å². The average molecular weight is 364 g/mol. The van der Waals surface area contributed by atoms with Gasteiger partial charge in [-0.15, -0.1) is 0 Å². The van der Waals surface area contributed by atoms with Gasteiger partial charge in [-0.3, -0.25) is 4.79 Å². The highest BCUT2D eigenvalue weighted by atomic mass is 16.5. The quantitative estimate of drug-likeness (QED) is 0.700. The molecule has 1 N–H and O–H groups in total. The number of methoxy groups -OCH3 is 1. The molecule has 6 heteroatoms. The number of carbonyl (C=O) groups excluding carboxylic acids is 1. The molecule has 0 saturated carbocycles. The fourth-order valence-corrected chi connectivity index (χ4v) is 2.90. The number of benzene rings is 2. The molecule has 27 heavy (non-hydrogen) atoms. The maximum atomic E-state index is 12.5. The van der Waals surface area contributed by atoms with Crippen LogP contribution in [-0.2, 0) is 0 Å². The molecule has 0 bridgehead atoms. The van der Waals surface area contributed by atoms with Crippen molar-refractivity contribution in [3.8, 4) is 11.4 Å². The Bertz CT molecular complexity index is 856. The number of carbonyl (C=O) groups is 1. The number of nitrogens with one attached hydrogen (secondary N) is 1. The molecule has 6 nitrogen and oxygen atoms in total. The van der Waals surface area contributed by atoms with Crippen LogP contribution in [-0.4, -0.2) is 48.3 Å². The molecule has 1 atom stereocenters. The van der Waals surface area contributed by atoms with E-state index in [0.29, 0.717) is 12.1 Å². The number of rotatable bonds is 7. The highest BCUT2D eigenvalue weighted by Crippen LogP contribution is 2.21. The molecular formula is C21H24N4O2. The first-order valence-corrected chi connectivity index (χ1v) is 8.77. The topological polar surface area (TPSA) is 59.4 Å². The van der Waals surface area contributed by atoms with Crippen LogP contribution in [0.2, 0.25) is 0 Å². The lowest BCUT2D eigenvalue weighted by atomic mass is 10.1. The van der Waals surface area contributed by atoms with E-state index in [0.717, 1.165) is 17.0 Å². The molecule has 0 aliphatic carbocycles. The van der Waals surface area contributed by atoms with E-state index in [1.54, 1.807) is 18.0 Å². The smallest absolute Gasteiger partial charge is 0.251 e. The summed E-state index contributed by atoms with van der Waals surface area (Å²) in [5, 5.41) is 7.21. The van der Waals surface area contributed by atoms with Crippen LogP contribution in [0.5, 0.6) is 5.75 Å². The summed E-state index contributed by atoms with van der Waals surface area (Å²) in [4.78, 5) is 14.6. The zero-order valence-electron chi connectivity index (χ0n) is 15.8. The molecule has 0 spiro atoms. The van der Waals surface area contributed by atoms with E-state index in [1.807, 2.05) is 74.9 Å². The molecule has 0 saturated heterocycles. The molecule has 1 aromatic heterocycles. The molecule has 0 fully saturated rings. The zero-order chi connectivity index (χ0) is 19.2. The third kappa shape index (κ3) is 4.54. The monoisotopic (exact) mass is 364 g/mol. The van der Waals surface area contributed by atoms with Gasteiger partial charge >= 0.3 is 0 Å². The van der Waals surface area contributed by atoms with Crippen molar-refractivity contribution in [2.45, 2.75) is 6.04 Å². The van der Waals surface area contributed by atoms with Gasteiger partial charge in [0, 0.05) is 24.5 Å². The van der Waals surface area contributed by atoms with E-state index in [2.05, 4.69) is 15.3 Å². The summed E-state index contributed by atoms with van der Waals surface area (Å²) in [6.45, 7) is 0.513. The van der Waals surface area contributed by atoms with Gasteiger partial charge in [-0.25, -0.2) is 4.68 Å². The van der Waals surface area contributed by atoms with Crippen LogP contribution in [0.25, 0.3) is 5.69 Å². The van der Waals surface area contributed by atoms with Gasteiger partial charge in [0.2, 0.25) is 0 Å². The Labute approximate surface area is 159 Å². The van der Waals surface area contributed by atoms with Gasteiger partial charge in [0.25, 0.3) is 5.91 Å². The van der Waals surface area contributed by atoms with Gasteiger partial charge in [0.15, 0.2) is 0 Å². The number of likely N-dealkylation sites (N-methyl/N-ethyl adjacent to an activating group) is 1. The molecule has 0 radical (unpaired) electrons. The van der Waals surface area contributed by atoms with E-state index in [-0.39, 0.29) is 11.9 Å². The second-order valence-corrected chi connectivity index (χ2v) is 6.46. The number of hydrogen-bond donors (Lipinski definition) is 1. The number of nitrogens with zero attached hydrogens (tertiary/aromatic N) is 3. The first kappa shape index (κ1) is 18.7. The van der Waals surface area contributed by atoms with Crippen LogP contribution in [0.4, 0.5) is 0 Å². The fourth-order valence-electron chi connectivity index (χ4n) is 2.90. The standard InChI is InChI=1S/C21H24N4O2/c1-24(2)20(16-7-11-19(27-3)12-8-16)15-22-21(26)17-5-9-18(10-6-17)25-14-4-13-23-25/h4-14,20H,15H2,1-3H3,(H,22,26)/t20-/m0/s1. The molecule has 1 heterocycles. The molecule has 0 aliphatic heterocycles. The van der Waals surface area contributed by atoms with Gasteiger partial charge in [0.05, 0.1) is 18.8 Å². The molecule has 0 unspecified atom stereocenters. The fraction of sp³-hybridized carbons (Fsp3) is 0.238. The Morgan fingerprint density at radius 1 is 1.15 bits per heavy atom. The molecule has 1 amide bonds. The lowest BCUT2D eigenvalue weighted by molar-refractivity contribution is 0.0942. The van der Waals surface area contributed by atoms with Crippen molar-refractivity contribution < 1.29 is 9.53 Å². The minimum atomic E-state index is -0.0950. The maximum absolute atomic E-state index is 12.5. The zero-order valence-corrected chi connectivity index (χ0v) is 15.8. The van der Waals surface area contributed by atoms with Gasteiger partial charge in [-0.05, 0) is 62.1 Å². The first-order valence-electron chi connectivity index (χ1n) is 8.77. The van der Waals surface area contributed by atoms with Crippen LogP contribution in [0.15, 0.2) is 67.0 Å². The normalized spacial score (nSPS) is 12.0. The maximum Gasteiger partial charge on any atom is 0.251 e. The summed E-state index contributed by atoms with van der Waals surface area (Å²) in [5.74, 6) is 0.722. The van der Waals surface area contributed by atoms with Crippen molar-refractivity contribution in [3.63, 3.8) is 0 Å². The Hall–Kier alpha value is -3.12. The van der Waals surface area contributed by atoms with Gasteiger partial charge < -0.3 is 15.0 Å².